The van der Waals surface area contributed by atoms with Crippen LogP contribution in [0.2, 0.25) is 0 Å². The van der Waals surface area contributed by atoms with Gasteiger partial charge in [-0.2, -0.15) is 0 Å². The molecule has 0 aromatic rings. The maximum absolute atomic E-state index is 3.42. The molecule has 0 radical (unpaired) electrons. The Morgan fingerprint density at radius 2 is 1.62 bits per heavy atom. The van der Waals surface area contributed by atoms with Crippen molar-refractivity contribution in [3.05, 3.63) is 0 Å². The zero-order valence-electron chi connectivity index (χ0n) is 5.70. The molecule has 0 saturated heterocycles. The summed E-state index contributed by atoms with van der Waals surface area (Å²) >= 11 is 3.42. The van der Waals surface area contributed by atoms with E-state index in [1.807, 2.05) is 0 Å². The Morgan fingerprint density at radius 1 is 1.25 bits per heavy atom. The van der Waals surface area contributed by atoms with E-state index in [1.54, 1.807) is 0 Å². The second kappa shape index (κ2) is 5.20. The summed E-state index contributed by atoms with van der Waals surface area (Å²) in [6, 6.07) is 0. The van der Waals surface area contributed by atoms with Crippen LogP contribution < -0.4 is 0 Å². The van der Waals surface area contributed by atoms with E-state index in [2.05, 4.69) is 35.9 Å². The summed E-state index contributed by atoms with van der Waals surface area (Å²) in [6.45, 7) is 7.15. The predicted octanol–water partition coefficient (Wildman–Crippen LogP) is 2.60. The summed E-state index contributed by atoms with van der Waals surface area (Å²) in [4.78, 5) is 0. The van der Waals surface area contributed by atoms with Crippen molar-refractivity contribution in [3.8, 4) is 0 Å². The molecular weight excluding hydrogens is 251 g/mol. The normalized spacial score (nSPS) is 12.5. The van der Waals surface area contributed by atoms with Crippen molar-refractivity contribution in [3.63, 3.8) is 0 Å². The van der Waals surface area contributed by atoms with Crippen molar-refractivity contribution in [2.24, 2.45) is 0 Å². The van der Waals surface area contributed by atoms with Crippen LogP contribution in [0.5, 0.6) is 0 Å². The van der Waals surface area contributed by atoms with Crippen molar-refractivity contribution in [1.29, 1.82) is 0 Å². The molecule has 0 aliphatic heterocycles. The molecule has 3 heteroatoms. The fourth-order valence-corrected chi connectivity index (χ4v) is 4.42. The van der Waals surface area contributed by atoms with Gasteiger partial charge in [0.1, 0.15) is 0 Å². The van der Waals surface area contributed by atoms with Crippen molar-refractivity contribution in [2.45, 2.75) is 0 Å². The molecule has 0 aliphatic rings. The molecule has 8 heavy (non-hydrogen) atoms. The molecular formula is C5H15Br2P. The van der Waals surface area contributed by atoms with E-state index in [1.165, 1.54) is 11.5 Å². The fourth-order valence-electron chi connectivity index (χ4n) is 0.283. The number of hydrogen-bond donors (Lipinski definition) is 0. The second-order valence-corrected chi connectivity index (χ2v) is 9.41. The summed E-state index contributed by atoms with van der Waals surface area (Å²) < 4.78 is 0. The van der Waals surface area contributed by atoms with Gasteiger partial charge in [-0.25, -0.2) is 0 Å². The Labute approximate surface area is 71.7 Å². The molecule has 0 atom stereocenters. The zero-order valence-corrected chi connectivity index (χ0v) is 10.00. The Morgan fingerprint density at radius 3 is 1.62 bits per heavy atom. The molecule has 0 heterocycles. The first-order valence-electron chi connectivity index (χ1n) is 2.62. The SMILES string of the molecule is Br.C[PH](C)(C)CCBr. The van der Waals surface area contributed by atoms with Crippen LogP contribution in [0.25, 0.3) is 0 Å². The molecule has 0 rings (SSSR count). The molecule has 0 fully saturated rings. The molecule has 0 bridgehead atoms. The van der Waals surface area contributed by atoms with E-state index in [-0.39, 0.29) is 17.0 Å². The minimum atomic E-state index is -0.704. The molecule has 0 aromatic heterocycles. The molecule has 0 spiro atoms. The average molecular weight is 266 g/mol. The fraction of sp³-hybridized carbons (Fsp3) is 1.00. The quantitative estimate of drug-likeness (QED) is 0.532. The third-order valence-corrected chi connectivity index (χ3v) is 3.72. The van der Waals surface area contributed by atoms with Crippen molar-refractivity contribution < 1.29 is 0 Å². The van der Waals surface area contributed by atoms with Crippen LogP contribution in [0.3, 0.4) is 0 Å². The van der Waals surface area contributed by atoms with Gasteiger partial charge in [0.25, 0.3) is 0 Å². The summed E-state index contributed by atoms with van der Waals surface area (Å²) in [6.07, 6.45) is 1.40. The van der Waals surface area contributed by atoms with Gasteiger partial charge in [0.05, 0.1) is 0 Å². The second-order valence-electron chi connectivity index (χ2n) is 3.00. The van der Waals surface area contributed by atoms with Crippen LogP contribution in [-0.2, 0) is 0 Å². The number of rotatable bonds is 2. The molecule has 0 nitrogen and oxygen atoms in total. The summed E-state index contributed by atoms with van der Waals surface area (Å²) in [5, 5.41) is 1.18. The van der Waals surface area contributed by atoms with Gasteiger partial charge in [0.2, 0.25) is 0 Å². The molecule has 54 valence electrons. The molecule has 0 unspecified atom stereocenters. The maximum atomic E-state index is 3.42. The van der Waals surface area contributed by atoms with Crippen LogP contribution in [0, 0.1) is 0 Å². The van der Waals surface area contributed by atoms with Crippen LogP contribution in [0.1, 0.15) is 0 Å². The molecule has 0 amide bonds. The standard InChI is InChI=1S/C5H14BrP.BrH/c1-7(2,3)5-4-6;/h7H,4-5H2,1-3H3;1H. The van der Waals surface area contributed by atoms with Gasteiger partial charge in [-0.1, -0.05) is 0 Å². The summed E-state index contributed by atoms with van der Waals surface area (Å²) in [5.41, 5.74) is 0. The first-order valence-corrected chi connectivity index (χ1v) is 7.45. The van der Waals surface area contributed by atoms with Crippen molar-refractivity contribution >= 4 is 40.2 Å². The third kappa shape index (κ3) is 10.4. The first kappa shape index (κ1) is 12.1. The van der Waals surface area contributed by atoms with E-state index < -0.39 is 7.26 Å². The molecule has 0 aliphatic carbocycles. The monoisotopic (exact) mass is 264 g/mol. The van der Waals surface area contributed by atoms with Crippen molar-refractivity contribution in [2.75, 3.05) is 31.5 Å². The topological polar surface area (TPSA) is 0 Å². The van der Waals surface area contributed by atoms with E-state index in [4.69, 9.17) is 0 Å². The van der Waals surface area contributed by atoms with Crippen molar-refractivity contribution in [1.82, 2.24) is 0 Å². The van der Waals surface area contributed by atoms with Crippen LogP contribution in [0.4, 0.5) is 0 Å². The Kier molecular flexibility index (Phi) is 7.86. The number of halogens is 2. The van der Waals surface area contributed by atoms with Gasteiger partial charge >= 0.3 is 54.7 Å². The van der Waals surface area contributed by atoms with Crippen LogP contribution in [-0.4, -0.2) is 31.5 Å². The average Bonchev–Trinajstić information content (AvgIpc) is 1.30. The van der Waals surface area contributed by atoms with Gasteiger partial charge < -0.3 is 0 Å². The Balaban J connectivity index is 0. The first-order chi connectivity index (χ1) is 3.06. The van der Waals surface area contributed by atoms with Gasteiger partial charge in [0, 0.05) is 0 Å². The van der Waals surface area contributed by atoms with Gasteiger partial charge in [-0.15, -0.1) is 17.0 Å². The summed E-state index contributed by atoms with van der Waals surface area (Å²) in [5.74, 6) is 0. The van der Waals surface area contributed by atoms with E-state index in [0.29, 0.717) is 0 Å². The molecule has 0 saturated carbocycles. The van der Waals surface area contributed by atoms with Crippen LogP contribution >= 0.6 is 40.2 Å². The zero-order chi connectivity index (χ0) is 5.91. The van der Waals surface area contributed by atoms with E-state index in [0.717, 1.165) is 0 Å². The Hall–Kier alpha value is 1.39. The molecule has 0 aromatic carbocycles. The third-order valence-electron chi connectivity index (χ3n) is 0.844. The number of alkyl halides is 1. The predicted molar refractivity (Wildman–Crippen MR) is 55.1 cm³/mol. The van der Waals surface area contributed by atoms with E-state index in [9.17, 15) is 0 Å². The molecule has 0 N–H and O–H groups in total. The van der Waals surface area contributed by atoms with Gasteiger partial charge in [-0.3, -0.25) is 0 Å². The van der Waals surface area contributed by atoms with Gasteiger partial charge in [0.15, 0.2) is 0 Å². The van der Waals surface area contributed by atoms with Gasteiger partial charge in [-0.05, 0) is 0 Å². The number of hydrogen-bond acceptors (Lipinski definition) is 0. The Bertz CT molecular complexity index is 48.9. The summed E-state index contributed by atoms with van der Waals surface area (Å²) in [7, 11) is -0.704. The minimum absolute atomic E-state index is 0. The van der Waals surface area contributed by atoms with Crippen LogP contribution in [0.15, 0.2) is 0 Å². The van der Waals surface area contributed by atoms with E-state index >= 15 is 0 Å².